The number of fused-ring (bicyclic) bond motifs is 2. The van der Waals surface area contributed by atoms with Gasteiger partial charge in [0.25, 0.3) is 11.8 Å². The monoisotopic (exact) mass is 457 g/mol. The zero-order valence-corrected chi connectivity index (χ0v) is 18.7. The lowest BCUT2D eigenvalue weighted by Crippen LogP contribution is -2.50. The van der Waals surface area contributed by atoms with Crippen LogP contribution in [0.2, 0.25) is 0 Å². The maximum Gasteiger partial charge on any atom is 0.268 e. The molecule has 0 unspecified atom stereocenters. The average molecular weight is 458 g/mol. The van der Waals surface area contributed by atoms with Crippen molar-refractivity contribution in [2.24, 2.45) is 0 Å². The zero-order valence-electron chi connectivity index (χ0n) is 17.9. The Labute approximate surface area is 195 Å². The van der Waals surface area contributed by atoms with E-state index >= 15 is 0 Å². The van der Waals surface area contributed by atoms with E-state index in [1.165, 1.54) is 34.9 Å². The molecule has 2 heterocycles. The highest BCUT2D eigenvalue weighted by Gasteiger charge is 2.59. The van der Waals surface area contributed by atoms with Crippen LogP contribution in [0.15, 0.2) is 66.7 Å². The summed E-state index contributed by atoms with van der Waals surface area (Å²) in [6.07, 6.45) is 0. The summed E-state index contributed by atoms with van der Waals surface area (Å²) in [7, 11) is 0. The first-order valence-corrected chi connectivity index (χ1v) is 11.6. The van der Waals surface area contributed by atoms with E-state index in [4.69, 9.17) is 0 Å². The number of nitrogens with zero attached hydrogens (tertiary/aromatic N) is 3. The lowest BCUT2D eigenvalue weighted by Gasteiger charge is -2.33. The third kappa shape index (κ3) is 3.30. The molecule has 3 aromatic rings. The summed E-state index contributed by atoms with van der Waals surface area (Å²) >= 11 is 1.41. The van der Waals surface area contributed by atoms with Crippen LogP contribution >= 0.6 is 11.8 Å². The van der Waals surface area contributed by atoms with E-state index in [1.807, 2.05) is 31.2 Å². The predicted octanol–water partition coefficient (Wildman–Crippen LogP) is 4.59. The van der Waals surface area contributed by atoms with Crippen LogP contribution in [-0.4, -0.2) is 29.0 Å². The van der Waals surface area contributed by atoms with Gasteiger partial charge in [0.1, 0.15) is 5.82 Å². The number of nitriles is 1. The Balaban J connectivity index is 1.61. The second-order valence-electron chi connectivity index (χ2n) is 8.15. The first-order valence-electron chi connectivity index (χ1n) is 10.6. The SMILES string of the molecule is Cc1ccc2c(c1)[C@@]1(SCCN1C(=O)c1ccccc1F)C(=O)N2Cc1cccc(C#N)c1. The van der Waals surface area contributed by atoms with Gasteiger partial charge in [-0.2, -0.15) is 5.26 Å². The van der Waals surface area contributed by atoms with Crippen LogP contribution in [0.1, 0.15) is 32.6 Å². The number of hydrogen-bond donors (Lipinski definition) is 0. The summed E-state index contributed by atoms with van der Waals surface area (Å²) in [5.74, 6) is -0.753. The smallest absolute Gasteiger partial charge is 0.268 e. The topological polar surface area (TPSA) is 64.4 Å². The van der Waals surface area contributed by atoms with E-state index in [-0.39, 0.29) is 18.0 Å². The first-order chi connectivity index (χ1) is 16.0. The Morgan fingerprint density at radius 2 is 1.97 bits per heavy atom. The van der Waals surface area contributed by atoms with Crippen LogP contribution in [0.25, 0.3) is 0 Å². The molecule has 0 saturated carbocycles. The minimum atomic E-state index is -1.24. The van der Waals surface area contributed by atoms with E-state index < -0.39 is 16.6 Å². The van der Waals surface area contributed by atoms with Crippen molar-refractivity contribution in [3.63, 3.8) is 0 Å². The molecule has 164 valence electrons. The van der Waals surface area contributed by atoms with Crippen molar-refractivity contribution in [3.8, 4) is 6.07 Å². The Morgan fingerprint density at radius 1 is 1.15 bits per heavy atom. The van der Waals surface area contributed by atoms with E-state index in [0.717, 1.165) is 22.4 Å². The second kappa shape index (κ2) is 8.05. The predicted molar refractivity (Wildman–Crippen MR) is 125 cm³/mol. The Hall–Kier alpha value is -3.63. The number of carbonyl (C=O) groups is 2. The van der Waals surface area contributed by atoms with Crippen molar-refractivity contribution >= 4 is 29.3 Å². The molecule has 0 bridgehead atoms. The molecule has 33 heavy (non-hydrogen) atoms. The molecule has 1 atom stereocenters. The van der Waals surface area contributed by atoms with Gasteiger partial charge >= 0.3 is 0 Å². The van der Waals surface area contributed by atoms with Gasteiger partial charge in [0.05, 0.1) is 29.4 Å². The number of anilines is 1. The summed E-state index contributed by atoms with van der Waals surface area (Å²) < 4.78 is 14.5. The Morgan fingerprint density at radius 3 is 2.76 bits per heavy atom. The first kappa shape index (κ1) is 21.2. The fraction of sp³-hybridized carbons (Fsp3) is 0.192. The van der Waals surface area contributed by atoms with Gasteiger partial charge in [-0.25, -0.2) is 4.39 Å². The minimum absolute atomic E-state index is 0.0402. The van der Waals surface area contributed by atoms with Crippen molar-refractivity contribution in [2.75, 3.05) is 17.2 Å². The molecule has 7 heteroatoms. The molecule has 2 aliphatic rings. The van der Waals surface area contributed by atoms with E-state index in [2.05, 4.69) is 6.07 Å². The Kier molecular flexibility index (Phi) is 5.18. The maximum atomic E-state index is 14.5. The number of thioether (sulfide) groups is 1. The lowest BCUT2D eigenvalue weighted by molar-refractivity contribution is -0.123. The average Bonchev–Trinajstić information content (AvgIpc) is 3.36. The molecule has 5 nitrogen and oxygen atoms in total. The lowest BCUT2D eigenvalue weighted by atomic mass is 10.0. The molecular weight excluding hydrogens is 437 g/mol. The van der Waals surface area contributed by atoms with Crippen molar-refractivity contribution in [3.05, 3.63) is 100 Å². The molecule has 3 aromatic carbocycles. The maximum absolute atomic E-state index is 14.5. The zero-order chi connectivity index (χ0) is 23.2. The highest BCUT2D eigenvalue weighted by Crippen LogP contribution is 2.55. The summed E-state index contributed by atoms with van der Waals surface area (Å²) in [4.78, 5) is 29.5. The Bertz CT molecular complexity index is 1340. The van der Waals surface area contributed by atoms with Crippen molar-refractivity contribution in [2.45, 2.75) is 18.3 Å². The summed E-state index contributed by atoms with van der Waals surface area (Å²) in [5.41, 5.74) is 3.75. The molecule has 1 spiro atoms. The van der Waals surface area contributed by atoms with Gasteiger partial charge in [0.15, 0.2) is 4.87 Å². The normalized spacial score (nSPS) is 19.1. The molecule has 1 fully saturated rings. The van der Waals surface area contributed by atoms with E-state index in [0.29, 0.717) is 17.9 Å². The van der Waals surface area contributed by atoms with Gasteiger partial charge in [0, 0.05) is 17.9 Å². The standard InChI is InChI=1S/C26H20FN3O2S/c1-17-9-10-23-21(13-17)26(25(32)29(23)16-19-6-4-5-18(14-19)15-28)30(11-12-33-26)24(31)20-7-2-3-8-22(20)27/h2-10,13-14H,11-12,16H2,1H3/t26-/m1/s1. The van der Waals surface area contributed by atoms with Crippen molar-refractivity contribution in [1.29, 1.82) is 5.26 Å². The summed E-state index contributed by atoms with van der Waals surface area (Å²) in [6.45, 7) is 2.56. The highest BCUT2D eigenvalue weighted by atomic mass is 32.2. The van der Waals surface area contributed by atoms with Crippen LogP contribution in [0.3, 0.4) is 0 Å². The largest absolute Gasteiger partial charge is 0.311 e. The van der Waals surface area contributed by atoms with E-state index in [9.17, 15) is 19.2 Å². The third-order valence-electron chi connectivity index (χ3n) is 6.10. The van der Waals surface area contributed by atoms with Gasteiger partial charge < -0.3 is 9.80 Å². The van der Waals surface area contributed by atoms with Crippen LogP contribution in [-0.2, 0) is 16.2 Å². The molecule has 2 amide bonds. The number of aryl methyl sites for hydroxylation is 1. The van der Waals surface area contributed by atoms with Gasteiger partial charge in [-0.05, 0) is 42.8 Å². The number of hydrogen-bond acceptors (Lipinski definition) is 4. The third-order valence-corrected chi connectivity index (χ3v) is 7.51. The van der Waals surface area contributed by atoms with Crippen molar-refractivity contribution in [1.82, 2.24) is 4.90 Å². The molecular formula is C26H20FN3O2S. The van der Waals surface area contributed by atoms with Gasteiger partial charge in [-0.3, -0.25) is 9.59 Å². The molecule has 2 aliphatic heterocycles. The summed E-state index contributed by atoms with van der Waals surface area (Å²) in [5, 5.41) is 9.25. The van der Waals surface area contributed by atoms with Gasteiger partial charge in [-0.15, -0.1) is 11.8 Å². The van der Waals surface area contributed by atoms with Crippen LogP contribution in [0, 0.1) is 24.1 Å². The second-order valence-corrected chi connectivity index (χ2v) is 9.44. The van der Waals surface area contributed by atoms with Gasteiger partial charge in [0.2, 0.25) is 0 Å². The molecule has 1 saturated heterocycles. The summed E-state index contributed by atoms with van der Waals surface area (Å²) in [6, 6.07) is 20.9. The number of benzene rings is 3. The van der Waals surface area contributed by atoms with E-state index in [1.54, 1.807) is 29.2 Å². The molecule has 0 aliphatic carbocycles. The molecule has 0 aromatic heterocycles. The molecule has 5 rings (SSSR count). The van der Waals surface area contributed by atoms with Crippen LogP contribution in [0.5, 0.6) is 0 Å². The van der Waals surface area contributed by atoms with Crippen LogP contribution in [0.4, 0.5) is 10.1 Å². The minimum Gasteiger partial charge on any atom is -0.311 e. The fourth-order valence-corrected chi connectivity index (χ4v) is 6.04. The number of amides is 2. The van der Waals surface area contributed by atoms with Gasteiger partial charge in [-0.1, -0.05) is 42.0 Å². The quantitative estimate of drug-likeness (QED) is 0.577. The highest BCUT2D eigenvalue weighted by molar-refractivity contribution is 8.01. The van der Waals surface area contributed by atoms with Crippen molar-refractivity contribution < 1.29 is 14.0 Å². The number of carbonyl (C=O) groups excluding carboxylic acids is 2. The van der Waals surface area contributed by atoms with Crippen LogP contribution < -0.4 is 4.90 Å². The fourth-order valence-electron chi connectivity index (χ4n) is 4.59. The number of halogens is 1. The molecule has 0 radical (unpaired) electrons. The molecule has 0 N–H and O–H groups in total. The number of rotatable bonds is 3.